The molecule has 0 spiro atoms. The number of nitrogens with one attached hydrogen (secondary N) is 1. The van der Waals surface area contributed by atoms with Gasteiger partial charge in [0.15, 0.2) is 5.82 Å². The summed E-state index contributed by atoms with van der Waals surface area (Å²) in [7, 11) is 0. The Bertz CT molecular complexity index is 935. The van der Waals surface area contributed by atoms with Crippen molar-refractivity contribution in [3.63, 3.8) is 0 Å². The van der Waals surface area contributed by atoms with Crippen LogP contribution >= 0.6 is 11.3 Å². The largest absolute Gasteiger partial charge is 0.369 e. The van der Waals surface area contributed by atoms with Crippen molar-refractivity contribution in [2.75, 3.05) is 44.6 Å². The highest BCUT2D eigenvalue weighted by molar-refractivity contribution is 7.13. The van der Waals surface area contributed by atoms with E-state index >= 15 is 0 Å². The Morgan fingerprint density at radius 1 is 1.11 bits per heavy atom. The predicted molar refractivity (Wildman–Crippen MR) is 115 cm³/mol. The van der Waals surface area contributed by atoms with Crippen molar-refractivity contribution < 1.29 is 4.79 Å². The van der Waals surface area contributed by atoms with Gasteiger partial charge in [0.1, 0.15) is 5.82 Å². The molecule has 1 saturated heterocycles. The van der Waals surface area contributed by atoms with Crippen LogP contribution in [0.25, 0.3) is 21.6 Å². The number of nitrogens with zero attached hydrogens (tertiary/aromatic N) is 4. The normalized spacial score (nSPS) is 15.1. The molecule has 0 atom stereocenters. The number of carbonyl (C=O) groups excluding carboxylic acids is 1. The van der Waals surface area contributed by atoms with Crippen LogP contribution in [0.4, 0.5) is 5.82 Å². The topological polar surface area (TPSA) is 61.4 Å². The van der Waals surface area contributed by atoms with Crippen LogP contribution in [-0.2, 0) is 4.79 Å². The maximum atomic E-state index is 12.5. The minimum atomic E-state index is 0.208. The van der Waals surface area contributed by atoms with Crippen LogP contribution in [0.5, 0.6) is 0 Å². The Hall–Kier alpha value is -2.51. The van der Waals surface area contributed by atoms with Crippen LogP contribution in [0.2, 0.25) is 0 Å². The second kappa shape index (κ2) is 8.67. The van der Waals surface area contributed by atoms with Gasteiger partial charge in [-0.2, -0.15) is 0 Å². The van der Waals surface area contributed by atoms with Crippen molar-refractivity contribution in [2.45, 2.75) is 13.3 Å². The molecule has 1 fully saturated rings. The first kappa shape index (κ1) is 18.8. The molecule has 7 heteroatoms. The van der Waals surface area contributed by atoms with Gasteiger partial charge < -0.3 is 15.1 Å². The number of piperazine rings is 1. The Balaban J connectivity index is 1.44. The first-order chi connectivity index (χ1) is 13.7. The number of benzene rings is 1. The average molecular weight is 396 g/mol. The third kappa shape index (κ3) is 4.15. The van der Waals surface area contributed by atoms with Gasteiger partial charge in [-0.3, -0.25) is 4.79 Å². The van der Waals surface area contributed by atoms with Crippen LogP contribution in [0.3, 0.4) is 0 Å². The predicted octanol–water partition coefficient (Wildman–Crippen LogP) is 3.32. The van der Waals surface area contributed by atoms with E-state index in [2.05, 4.69) is 22.1 Å². The van der Waals surface area contributed by atoms with Crippen LogP contribution in [0.15, 0.2) is 41.8 Å². The van der Waals surface area contributed by atoms with E-state index in [4.69, 9.17) is 4.98 Å². The number of fused-ring (bicyclic) bond motifs is 1. The SMILES string of the molecule is CCN1CCN(C(=O)CCNc2nc(-c3cccs3)nc3ccccc23)CC1. The first-order valence-electron chi connectivity index (χ1n) is 9.79. The van der Waals surface area contributed by atoms with E-state index < -0.39 is 0 Å². The molecule has 0 bridgehead atoms. The van der Waals surface area contributed by atoms with Gasteiger partial charge in [0.05, 0.1) is 10.4 Å². The Morgan fingerprint density at radius 3 is 2.68 bits per heavy atom. The number of amides is 1. The van der Waals surface area contributed by atoms with Crippen LogP contribution in [0.1, 0.15) is 13.3 Å². The lowest BCUT2D eigenvalue weighted by molar-refractivity contribution is -0.132. The molecule has 146 valence electrons. The molecule has 0 radical (unpaired) electrons. The molecule has 3 heterocycles. The van der Waals surface area contributed by atoms with Gasteiger partial charge in [-0.15, -0.1) is 11.3 Å². The van der Waals surface area contributed by atoms with E-state index in [0.29, 0.717) is 13.0 Å². The summed E-state index contributed by atoms with van der Waals surface area (Å²) in [5, 5.41) is 6.38. The molecule has 0 aliphatic carbocycles. The fraction of sp³-hybridized carbons (Fsp3) is 0.381. The minimum absolute atomic E-state index is 0.208. The fourth-order valence-electron chi connectivity index (χ4n) is 3.49. The lowest BCUT2D eigenvalue weighted by Crippen LogP contribution is -2.48. The van der Waals surface area contributed by atoms with Crippen molar-refractivity contribution in [3.05, 3.63) is 41.8 Å². The van der Waals surface area contributed by atoms with Crippen molar-refractivity contribution in [3.8, 4) is 10.7 Å². The van der Waals surface area contributed by atoms with E-state index in [1.165, 1.54) is 0 Å². The van der Waals surface area contributed by atoms with E-state index in [-0.39, 0.29) is 5.91 Å². The third-order valence-corrected chi connectivity index (χ3v) is 6.01. The smallest absolute Gasteiger partial charge is 0.224 e. The van der Waals surface area contributed by atoms with Crippen molar-refractivity contribution >= 4 is 34.0 Å². The number of anilines is 1. The summed E-state index contributed by atoms with van der Waals surface area (Å²) in [4.78, 5) is 27.3. The zero-order valence-electron chi connectivity index (χ0n) is 16.1. The number of thiophene rings is 1. The van der Waals surface area contributed by atoms with Gasteiger partial charge in [-0.05, 0) is 30.1 Å². The molecular formula is C21H25N5OS. The zero-order chi connectivity index (χ0) is 19.3. The van der Waals surface area contributed by atoms with Crippen molar-refractivity contribution in [1.82, 2.24) is 19.8 Å². The molecule has 1 aliphatic rings. The van der Waals surface area contributed by atoms with Gasteiger partial charge in [0, 0.05) is 44.5 Å². The minimum Gasteiger partial charge on any atom is -0.369 e. The summed E-state index contributed by atoms with van der Waals surface area (Å²) in [6.45, 7) is 7.37. The molecule has 1 aromatic carbocycles. The van der Waals surface area contributed by atoms with E-state index in [9.17, 15) is 4.79 Å². The summed E-state index contributed by atoms with van der Waals surface area (Å²) < 4.78 is 0. The average Bonchev–Trinajstić information content (AvgIpc) is 3.28. The Kier molecular flexibility index (Phi) is 5.83. The van der Waals surface area contributed by atoms with E-state index in [0.717, 1.165) is 60.1 Å². The molecule has 0 unspecified atom stereocenters. The molecule has 1 N–H and O–H groups in total. The second-order valence-electron chi connectivity index (χ2n) is 6.88. The summed E-state index contributed by atoms with van der Waals surface area (Å²) >= 11 is 1.63. The lowest BCUT2D eigenvalue weighted by Gasteiger charge is -2.34. The van der Waals surface area contributed by atoms with Gasteiger partial charge in [0.25, 0.3) is 0 Å². The highest BCUT2D eigenvalue weighted by Gasteiger charge is 2.19. The number of aromatic nitrogens is 2. The summed E-state index contributed by atoms with van der Waals surface area (Å²) in [6, 6.07) is 12.0. The van der Waals surface area contributed by atoms with E-state index in [1.54, 1.807) is 11.3 Å². The highest BCUT2D eigenvalue weighted by Crippen LogP contribution is 2.27. The van der Waals surface area contributed by atoms with Gasteiger partial charge in [-0.25, -0.2) is 9.97 Å². The van der Waals surface area contributed by atoms with Crippen molar-refractivity contribution in [1.29, 1.82) is 0 Å². The maximum absolute atomic E-state index is 12.5. The standard InChI is InChI=1S/C21H25N5OS/c1-2-25-11-13-26(14-12-25)19(27)9-10-22-20-16-6-3-4-7-17(16)23-21(24-20)18-8-5-15-28-18/h3-8,15H,2,9-14H2,1H3,(H,22,23,24). The number of para-hydroxylation sites is 1. The monoisotopic (exact) mass is 395 g/mol. The molecule has 6 nitrogen and oxygen atoms in total. The third-order valence-electron chi connectivity index (χ3n) is 5.15. The zero-order valence-corrected chi connectivity index (χ0v) is 16.9. The Morgan fingerprint density at radius 2 is 1.93 bits per heavy atom. The molecular weight excluding hydrogens is 370 g/mol. The van der Waals surface area contributed by atoms with Gasteiger partial charge >= 0.3 is 0 Å². The molecule has 4 rings (SSSR count). The summed E-state index contributed by atoms with van der Waals surface area (Å²) in [5.41, 5.74) is 0.908. The summed E-state index contributed by atoms with van der Waals surface area (Å²) in [5.74, 6) is 1.72. The fourth-order valence-corrected chi connectivity index (χ4v) is 4.14. The number of hydrogen-bond donors (Lipinski definition) is 1. The van der Waals surface area contributed by atoms with Crippen LogP contribution < -0.4 is 5.32 Å². The Labute approximate surface area is 169 Å². The molecule has 3 aromatic rings. The van der Waals surface area contributed by atoms with Gasteiger partial charge in [-0.1, -0.05) is 25.1 Å². The lowest BCUT2D eigenvalue weighted by atomic mass is 10.2. The number of carbonyl (C=O) groups is 1. The number of hydrogen-bond acceptors (Lipinski definition) is 6. The van der Waals surface area contributed by atoms with Gasteiger partial charge in [0.2, 0.25) is 5.91 Å². The molecule has 2 aromatic heterocycles. The number of rotatable bonds is 6. The van der Waals surface area contributed by atoms with Crippen molar-refractivity contribution in [2.24, 2.45) is 0 Å². The second-order valence-corrected chi connectivity index (χ2v) is 7.83. The van der Waals surface area contributed by atoms with Crippen LogP contribution in [0, 0.1) is 0 Å². The molecule has 28 heavy (non-hydrogen) atoms. The highest BCUT2D eigenvalue weighted by atomic mass is 32.1. The first-order valence-corrected chi connectivity index (χ1v) is 10.7. The quantitative estimate of drug-likeness (QED) is 0.694. The number of likely N-dealkylation sites (N-methyl/N-ethyl adjacent to an activating group) is 1. The van der Waals surface area contributed by atoms with E-state index in [1.807, 2.05) is 46.7 Å². The summed E-state index contributed by atoms with van der Waals surface area (Å²) in [6.07, 6.45) is 0.471. The maximum Gasteiger partial charge on any atom is 0.224 e. The molecule has 1 aliphatic heterocycles. The van der Waals surface area contributed by atoms with Crippen LogP contribution in [-0.4, -0.2) is 64.9 Å². The molecule has 0 saturated carbocycles. The molecule has 1 amide bonds.